The highest BCUT2D eigenvalue weighted by Gasteiger charge is 2.24. The molecule has 0 unspecified atom stereocenters. The third-order valence-electron chi connectivity index (χ3n) is 3.42. The molecule has 120 valence electrons. The normalized spacial score (nSPS) is 19.1. The van der Waals surface area contributed by atoms with E-state index in [-0.39, 0.29) is 11.9 Å². The zero-order valence-corrected chi connectivity index (χ0v) is 13.9. The molecule has 1 saturated heterocycles. The number of thiol groups is 1. The monoisotopic (exact) mass is 326 g/mol. The summed E-state index contributed by atoms with van der Waals surface area (Å²) in [4.78, 5) is 2.11. The summed E-state index contributed by atoms with van der Waals surface area (Å²) in [5, 5.41) is 0. The van der Waals surface area contributed by atoms with Crippen LogP contribution >= 0.6 is 12.8 Å². The molecule has 1 heterocycles. The lowest BCUT2D eigenvalue weighted by atomic mass is 10.0. The Bertz CT molecular complexity index is 368. The van der Waals surface area contributed by atoms with Crippen LogP contribution in [-0.4, -0.2) is 72.9 Å². The summed E-state index contributed by atoms with van der Waals surface area (Å²) in [5.41, 5.74) is 0. The van der Waals surface area contributed by atoms with Gasteiger partial charge in [-0.2, -0.15) is 8.42 Å². The molecular weight excluding hydrogens is 300 g/mol. The summed E-state index contributed by atoms with van der Waals surface area (Å²) in [7, 11) is -3.92. The first kappa shape index (κ1) is 18.2. The predicted octanol–water partition coefficient (Wildman–Crippen LogP) is 0.910. The number of rotatable bonds is 8. The van der Waals surface area contributed by atoms with Crippen LogP contribution in [-0.2, 0) is 14.9 Å². The van der Waals surface area contributed by atoms with Crippen molar-refractivity contribution in [2.75, 3.05) is 38.5 Å². The highest BCUT2D eigenvalue weighted by molar-refractivity contribution is 7.85. The van der Waals surface area contributed by atoms with Gasteiger partial charge in [0.15, 0.2) is 0 Å². The Hall–Kier alpha value is 0.140. The van der Waals surface area contributed by atoms with Gasteiger partial charge in [0.05, 0.1) is 18.5 Å². The quantitative estimate of drug-likeness (QED) is 0.510. The first-order valence-corrected chi connectivity index (χ1v) is 9.03. The van der Waals surface area contributed by atoms with Crippen molar-refractivity contribution in [1.82, 2.24) is 9.21 Å². The van der Waals surface area contributed by atoms with Gasteiger partial charge >= 0.3 is 0 Å². The minimum Gasteiger partial charge on any atom is -0.377 e. The molecule has 1 rings (SSSR count). The average Bonchev–Trinajstić information content (AvgIpc) is 2.33. The minimum absolute atomic E-state index is 0.165. The lowest BCUT2D eigenvalue weighted by molar-refractivity contribution is 0.0435. The number of nitrogens with zero attached hydrogens (tertiary/aromatic N) is 2. The number of hydrogen-bond acceptors (Lipinski definition) is 6. The van der Waals surface area contributed by atoms with E-state index in [4.69, 9.17) is 9.29 Å². The number of hydrogen-bond donors (Lipinski definition) is 2. The van der Waals surface area contributed by atoms with Crippen LogP contribution in [0.3, 0.4) is 0 Å². The molecule has 1 N–H and O–H groups in total. The fraction of sp³-hybridized carbons (Fsp3) is 1.00. The third-order valence-corrected chi connectivity index (χ3v) is 4.52. The second-order valence-corrected chi connectivity index (χ2v) is 7.56. The van der Waals surface area contributed by atoms with Crippen molar-refractivity contribution in [3.8, 4) is 0 Å². The van der Waals surface area contributed by atoms with Crippen molar-refractivity contribution in [3.63, 3.8) is 0 Å². The molecule has 0 bridgehead atoms. The molecule has 0 amide bonds. The zero-order chi connectivity index (χ0) is 15.2. The van der Waals surface area contributed by atoms with Crippen molar-refractivity contribution in [3.05, 3.63) is 0 Å². The van der Waals surface area contributed by atoms with Gasteiger partial charge in [0.1, 0.15) is 0 Å². The Labute approximate surface area is 127 Å². The van der Waals surface area contributed by atoms with Crippen molar-refractivity contribution in [2.45, 2.75) is 38.8 Å². The van der Waals surface area contributed by atoms with Crippen molar-refractivity contribution >= 4 is 22.9 Å². The molecule has 0 atom stereocenters. The summed E-state index contributed by atoms with van der Waals surface area (Å²) >= 11 is 4.32. The zero-order valence-electron chi connectivity index (χ0n) is 12.2. The van der Waals surface area contributed by atoms with Crippen LogP contribution in [0.4, 0.5) is 0 Å². The maximum Gasteiger partial charge on any atom is 0.266 e. The first-order chi connectivity index (χ1) is 9.28. The minimum atomic E-state index is -3.92. The van der Waals surface area contributed by atoms with Gasteiger partial charge in [-0.25, -0.2) is 0 Å². The smallest absolute Gasteiger partial charge is 0.266 e. The van der Waals surface area contributed by atoms with Crippen LogP contribution in [0.1, 0.15) is 26.7 Å². The number of ether oxygens (including phenoxy) is 1. The van der Waals surface area contributed by atoms with E-state index in [0.29, 0.717) is 25.7 Å². The molecule has 8 heteroatoms. The second-order valence-electron chi connectivity index (χ2n) is 5.43. The van der Waals surface area contributed by atoms with Gasteiger partial charge in [-0.05, 0) is 26.7 Å². The van der Waals surface area contributed by atoms with Gasteiger partial charge in [0, 0.05) is 32.2 Å². The molecular formula is C12H26N2O4S2. The molecule has 0 saturated carbocycles. The van der Waals surface area contributed by atoms with Crippen LogP contribution in [0.15, 0.2) is 0 Å². The first-order valence-electron chi connectivity index (χ1n) is 7.02. The summed E-state index contributed by atoms with van der Waals surface area (Å²) < 4.78 is 38.3. The van der Waals surface area contributed by atoms with Crippen molar-refractivity contribution < 1.29 is 17.7 Å². The molecule has 1 aliphatic heterocycles. The van der Waals surface area contributed by atoms with Crippen LogP contribution < -0.4 is 0 Å². The Morgan fingerprint density at radius 1 is 1.35 bits per heavy atom. The van der Waals surface area contributed by atoms with Crippen LogP contribution in [0.5, 0.6) is 0 Å². The van der Waals surface area contributed by atoms with E-state index in [9.17, 15) is 8.42 Å². The standard InChI is InChI=1S/C12H26N2O4S2/c1-11(2)18-9-7-13(8-10-20(15,16)17)12-3-5-14(19)6-4-12/h11-12,19H,3-10H2,1-2H3,(H,15,16,17). The van der Waals surface area contributed by atoms with E-state index in [1.54, 1.807) is 0 Å². The Morgan fingerprint density at radius 2 is 1.95 bits per heavy atom. The van der Waals surface area contributed by atoms with E-state index in [1.165, 1.54) is 0 Å². The Morgan fingerprint density at radius 3 is 2.45 bits per heavy atom. The fourth-order valence-corrected chi connectivity index (χ4v) is 3.03. The Kier molecular flexibility index (Phi) is 7.78. The maximum atomic E-state index is 10.9. The van der Waals surface area contributed by atoms with Crippen molar-refractivity contribution in [2.24, 2.45) is 0 Å². The van der Waals surface area contributed by atoms with Crippen LogP contribution in [0.2, 0.25) is 0 Å². The molecule has 0 aromatic heterocycles. The second kappa shape index (κ2) is 8.55. The molecule has 0 spiro atoms. The summed E-state index contributed by atoms with van der Waals surface area (Å²) in [6.45, 7) is 7.33. The van der Waals surface area contributed by atoms with Gasteiger partial charge in [-0.1, -0.05) is 12.8 Å². The van der Waals surface area contributed by atoms with E-state index in [0.717, 1.165) is 25.9 Å². The molecule has 0 radical (unpaired) electrons. The van der Waals surface area contributed by atoms with E-state index in [1.807, 2.05) is 18.2 Å². The highest BCUT2D eigenvalue weighted by Crippen LogP contribution is 2.17. The Balaban J connectivity index is 2.49. The lowest BCUT2D eigenvalue weighted by Gasteiger charge is -2.36. The average molecular weight is 326 g/mol. The van der Waals surface area contributed by atoms with E-state index >= 15 is 0 Å². The largest absolute Gasteiger partial charge is 0.377 e. The van der Waals surface area contributed by atoms with Gasteiger partial charge < -0.3 is 4.74 Å². The maximum absolute atomic E-state index is 10.9. The van der Waals surface area contributed by atoms with Crippen molar-refractivity contribution in [1.29, 1.82) is 0 Å². The molecule has 0 aromatic rings. The predicted molar refractivity (Wildman–Crippen MR) is 82.7 cm³/mol. The molecule has 0 aromatic carbocycles. The highest BCUT2D eigenvalue weighted by atomic mass is 32.2. The molecule has 20 heavy (non-hydrogen) atoms. The van der Waals surface area contributed by atoms with E-state index < -0.39 is 10.1 Å². The topological polar surface area (TPSA) is 70.1 Å². The molecule has 1 fully saturated rings. The van der Waals surface area contributed by atoms with Gasteiger partial charge in [0.25, 0.3) is 10.1 Å². The van der Waals surface area contributed by atoms with Gasteiger partial charge in [-0.15, -0.1) is 0 Å². The number of piperidine rings is 1. The lowest BCUT2D eigenvalue weighted by Crippen LogP contribution is -2.45. The van der Waals surface area contributed by atoms with Crippen LogP contribution in [0, 0.1) is 0 Å². The third kappa shape index (κ3) is 7.80. The molecule has 6 nitrogen and oxygen atoms in total. The summed E-state index contributed by atoms with van der Waals surface area (Å²) in [5.74, 6) is -0.226. The van der Waals surface area contributed by atoms with E-state index in [2.05, 4.69) is 17.7 Å². The summed E-state index contributed by atoms with van der Waals surface area (Å²) in [6, 6.07) is 0.330. The van der Waals surface area contributed by atoms with Crippen LogP contribution in [0.25, 0.3) is 0 Å². The molecule has 1 aliphatic rings. The molecule has 0 aliphatic carbocycles. The fourth-order valence-electron chi connectivity index (χ4n) is 2.33. The SMILES string of the molecule is CC(C)OCCN(CCS(=O)(=O)O)C1CCN(S)CC1. The summed E-state index contributed by atoms with van der Waals surface area (Å²) in [6.07, 6.45) is 2.07. The van der Waals surface area contributed by atoms with Gasteiger partial charge in [0.2, 0.25) is 0 Å². The van der Waals surface area contributed by atoms with Gasteiger partial charge in [-0.3, -0.25) is 13.8 Å².